The molecule has 2 heterocycles. The van der Waals surface area contributed by atoms with Gasteiger partial charge in [-0.15, -0.1) is 0 Å². The summed E-state index contributed by atoms with van der Waals surface area (Å²) in [7, 11) is 1.64. The fraction of sp³-hybridized carbons (Fsp3) is 0.500. The van der Waals surface area contributed by atoms with Crippen LogP contribution in [0.2, 0.25) is 5.02 Å². The van der Waals surface area contributed by atoms with Crippen LogP contribution < -0.4 is 15.0 Å². The number of ether oxygens (including phenoxy) is 1. The topological polar surface area (TPSA) is 37.4 Å². The second-order valence-electron chi connectivity index (χ2n) is 3.41. The summed E-state index contributed by atoms with van der Waals surface area (Å²) in [5.41, 5.74) is 0.954. The number of hydrogen-bond donors (Lipinski definition) is 1. The summed E-state index contributed by atoms with van der Waals surface area (Å²) in [6.07, 6.45) is 3.35. The highest BCUT2D eigenvalue weighted by molar-refractivity contribution is 6.33. The van der Waals surface area contributed by atoms with E-state index in [0.717, 1.165) is 37.6 Å². The quantitative estimate of drug-likeness (QED) is 0.823. The number of piperazine rings is 1. The van der Waals surface area contributed by atoms with Gasteiger partial charge in [-0.1, -0.05) is 11.6 Å². The van der Waals surface area contributed by atoms with Gasteiger partial charge in [0.25, 0.3) is 0 Å². The first-order valence-electron chi connectivity index (χ1n) is 4.96. The molecule has 0 saturated carbocycles. The largest absolute Gasteiger partial charge is 0.493 e. The maximum atomic E-state index is 6.14. The van der Waals surface area contributed by atoms with Crippen molar-refractivity contribution in [2.24, 2.45) is 0 Å². The lowest BCUT2D eigenvalue weighted by atomic mass is 10.3. The predicted molar refractivity (Wildman–Crippen MR) is 60.9 cm³/mol. The molecule has 0 atom stereocenters. The van der Waals surface area contributed by atoms with Crippen molar-refractivity contribution in [2.45, 2.75) is 0 Å². The number of nitrogens with one attached hydrogen (secondary N) is 1. The molecular formula is C10H14ClN3O. The third-order valence-corrected chi connectivity index (χ3v) is 2.77. The number of nitrogens with zero attached hydrogens (tertiary/aromatic N) is 2. The van der Waals surface area contributed by atoms with Crippen LogP contribution in [0, 0.1) is 0 Å². The molecule has 82 valence electrons. The minimum absolute atomic E-state index is 0.649. The van der Waals surface area contributed by atoms with Gasteiger partial charge >= 0.3 is 0 Å². The third-order valence-electron chi connectivity index (χ3n) is 2.49. The lowest BCUT2D eigenvalue weighted by molar-refractivity contribution is 0.411. The smallest absolute Gasteiger partial charge is 0.161 e. The fourth-order valence-electron chi connectivity index (χ4n) is 1.76. The number of rotatable bonds is 2. The normalized spacial score (nSPS) is 16.5. The Balaban J connectivity index is 2.31. The van der Waals surface area contributed by atoms with Crippen molar-refractivity contribution in [3.05, 3.63) is 17.4 Å². The molecule has 0 radical (unpaired) electrons. The van der Waals surface area contributed by atoms with Crippen LogP contribution in [0.15, 0.2) is 12.4 Å². The Morgan fingerprint density at radius 3 is 2.80 bits per heavy atom. The zero-order chi connectivity index (χ0) is 10.7. The predicted octanol–water partition coefficient (Wildman–Crippen LogP) is 1.15. The molecule has 0 unspecified atom stereocenters. The van der Waals surface area contributed by atoms with Gasteiger partial charge in [0.2, 0.25) is 0 Å². The van der Waals surface area contributed by atoms with Gasteiger partial charge in [0, 0.05) is 32.4 Å². The molecule has 1 aromatic rings. The van der Waals surface area contributed by atoms with Crippen LogP contribution in [0.3, 0.4) is 0 Å². The minimum Gasteiger partial charge on any atom is -0.493 e. The molecule has 0 bridgehead atoms. The number of halogens is 1. The van der Waals surface area contributed by atoms with E-state index in [1.807, 2.05) is 0 Å². The summed E-state index contributed by atoms with van der Waals surface area (Å²) < 4.78 is 5.27. The lowest BCUT2D eigenvalue weighted by Crippen LogP contribution is -2.43. The van der Waals surface area contributed by atoms with Crippen LogP contribution in [0.1, 0.15) is 0 Å². The van der Waals surface area contributed by atoms with E-state index < -0.39 is 0 Å². The average molecular weight is 228 g/mol. The number of aromatic nitrogens is 1. The Kier molecular flexibility index (Phi) is 3.28. The fourth-order valence-corrected chi connectivity index (χ4v) is 2.02. The number of methoxy groups -OCH3 is 1. The van der Waals surface area contributed by atoms with Crippen molar-refractivity contribution < 1.29 is 4.74 Å². The molecule has 0 aliphatic carbocycles. The first-order chi connectivity index (χ1) is 7.33. The van der Waals surface area contributed by atoms with E-state index in [-0.39, 0.29) is 0 Å². The van der Waals surface area contributed by atoms with Crippen LogP contribution in [-0.4, -0.2) is 38.3 Å². The monoisotopic (exact) mass is 227 g/mol. The Labute approximate surface area is 94.2 Å². The molecule has 1 fully saturated rings. The van der Waals surface area contributed by atoms with Crippen molar-refractivity contribution in [1.82, 2.24) is 10.3 Å². The Hall–Kier alpha value is -1.00. The number of anilines is 1. The van der Waals surface area contributed by atoms with Gasteiger partial charge in [-0.05, 0) is 0 Å². The summed E-state index contributed by atoms with van der Waals surface area (Å²) in [4.78, 5) is 6.23. The van der Waals surface area contributed by atoms with Crippen LogP contribution in [-0.2, 0) is 0 Å². The minimum atomic E-state index is 0.649. The SMILES string of the molecule is COc1cncc(Cl)c1N1CCNCC1. The van der Waals surface area contributed by atoms with Gasteiger partial charge in [0.15, 0.2) is 5.75 Å². The molecule has 4 nitrogen and oxygen atoms in total. The van der Waals surface area contributed by atoms with Gasteiger partial charge in [-0.3, -0.25) is 4.98 Å². The molecule has 1 saturated heterocycles. The maximum absolute atomic E-state index is 6.14. The number of hydrogen-bond acceptors (Lipinski definition) is 4. The van der Waals surface area contributed by atoms with E-state index >= 15 is 0 Å². The van der Waals surface area contributed by atoms with E-state index in [9.17, 15) is 0 Å². The summed E-state index contributed by atoms with van der Waals surface area (Å²) in [5.74, 6) is 0.740. The van der Waals surface area contributed by atoms with E-state index in [0.29, 0.717) is 5.02 Å². The first-order valence-corrected chi connectivity index (χ1v) is 5.34. The molecule has 5 heteroatoms. The molecule has 1 aliphatic heterocycles. The highest BCUT2D eigenvalue weighted by Gasteiger charge is 2.17. The van der Waals surface area contributed by atoms with Crippen molar-refractivity contribution in [1.29, 1.82) is 0 Å². The molecule has 2 rings (SSSR count). The summed E-state index contributed by atoms with van der Waals surface area (Å²) in [6.45, 7) is 3.84. The van der Waals surface area contributed by atoms with Crippen LogP contribution in [0.5, 0.6) is 5.75 Å². The first kappa shape index (κ1) is 10.5. The summed E-state index contributed by atoms with van der Waals surface area (Å²) >= 11 is 6.14. The molecular weight excluding hydrogens is 214 g/mol. The molecule has 15 heavy (non-hydrogen) atoms. The molecule has 0 amide bonds. The van der Waals surface area contributed by atoms with Crippen molar-refractivity contribution in [3.63, 3.8) is 0 Å². The Morgan fingerprint density at radius 1 is 1.40 bits per heavy atom. The Morgan fingerprint density at radius 2 is 2.13 bits per heavy atom. The second-order valence-corrected chi connectivity index (χ2v) is 3.82. The van der Waals surface area contributed by atoms with E-state index in [2.05, 4.69) is 15.2 Å². The van der Waals surface area contributed by atoms with Crippen LogP contribution >= 0.6 is 11.6 Å². The third kappa shape index (κ3) is 2.16. The molecule has 1 N–H and O–H groups in total. The summed E-state index contributed by atoms with van der Waals surface area (Å²) in [6, 6.07) is 0. The van der Waals surface area contributed by atoms with E-state index in [4.69, 9.17) is 16.3 Å². The van der Waals surface area contributed by atoms with Gasteiger partial charge in [-0.2, -0.15) is 0 Å². The Bertz CT molecular complexity index is 339. The second kappa shape index (κ2) is 4.68. The van der Waals surface area contributed by atoms with Gasteiger partial charge in [0.05, 0.1) is 18.3 Å². The highest BCUT2D eigenvalue weighted by atomic mass is 35.5. The standard InChI is InChI=1S/C10H14ClN3O/c1-15-9-7-13-6-8(11)10(9)14-4-2-12-3-5-14/h6-7,12H,2-5H2,1H3. The van der Waals surface area contributed by atoms with Crippen LogP contribution in [0.4, 0.5) is 5.69 Å². The molecule has 1 aromatic heterocycles. The molecule has 0 spiro atoms. The molecule has 1 aliphatic rings. The van der Waals surface area contributed by atoms with Crippen molar-refractivity contribution in [3.8, 4) is 5.75 Å². The molecule has 0 aromatic carbocycles. The van der Waals surface area contributed by atoms with Crippen molar-refractivity contribution in [2.75, 3.05) is 38.2 Å². The van der Waals surface area contributed by atoms with Crippen LogP contribution in [0.25, 0.3) is 0 Å². The zero-order valence-corrected chi connectivity index (χ0v) is 9.42. The lowest BCUT2D eigenvalue weighted by Gasteiger charge is -2.30. The van der Waals surface area contributed by atoms with E-state index in [1.54, 1.807) is 19.5 Å². The van der Waals surface area contributed by atoms with Crippen molar-refractivity contribution >= 4 is 17.3 Å². The summed E-state index contributed by atoms with van der Waals surface area (Å²) in [5, 5.41) is 3.95. The highest BCUT2D eigenvalue weighted by Crippen LogP contribution is 2.34. The van der Waals surface area contributed by atoms with Gasteiger partial charge in [0.1, 0.15) is 5.69 Å². The maximum Gasteiger partial charge on any atom is 0.161 e. The zero-order valence-electron chi connectivity index (χ0n) is 8.66. The van der Waals surface area contributed by atoms with E-state index in [1.165, 1.54) is 0 Å². The average Bonchev–Trinajstić information content (AvgIpc) is 2.29. The number of pyridine rings is 1. The van der Waals surface area contributed by atoms with Gasteiger partial charge in [-0.25, -0.2) is 0 Å². The van der Waals surface area contributed by atoms with Gasteiger partial charge < -0.3 is 15.0 Å².